The van der Waals surface area contributed by atoms with Crippen LogP contribution in [0.2, 0.25) is 0 Å². The molecule has 0 bridgehead atoms. The highest BCUT2D eigenvalue weighted by Crippen LogP contribution is 2.33. The Morgan fingerprint density at radius 1 is 1.23 bits per heavy atom. The fourth-order valence-corrected chi connectivity index (χ4v) is 4.34. The van der Waals surface area contributed by atoms with Crippen LogP contribution in [0.1, 0.15) is 6.92 Å². The van der Waals surface area contributed by atoms with E-state index >= 15 is 0 Å². The fourth-order valence-electron chi connectivity index (χ4n) is 2.15. The van der Waals surface area contributed by atoms with Crippen LogP contribution in [0.15, 0.2) is 57.2 Å². The lowest BCUT2D eigenvalue weighted by atomic mass is 10.1. The standard InChI is InChI=1S/C18H14N4OS3/c1-3-4-14(17(23)11(2)19)26-18-20-15(12-5-7-24-9-12)16(21-22-18)13-6-8-25-10-13/h4-10,14,19H,1H2,2H3. The molecule has 0 aliphatic carbocycles. The van der Waals surface area contributed by atoms with Gasteiger partial charge in [0.25, 0.3) is 0 Å². The van der Waals surface area contributed by atoms with Crippen molar-refractivity contribution in [3.8, 4) is 22.5 Å². The molecule has 0 saturated heterocycles. The molecule has 0 aliphatic heterocycles. The van der Waals surface area contributed by atoms with Crippen molar-refractivity contribution in [2.45, 2.75) is 17.3 Å². The number of nitrogens with one attached hydrogen (secondary N) is 1. The number of carbonyl (C=O) groups is 1. The summed E-state index contributed by atoms with van der Waals surface area (Å²) in [5.74, 6) is -0.325. The van der Waals surface area contributed by atoms with Crippen LogP contribution < -0.4 is 0 Å². The van der Waals surface area contributed by atoms with Crippen molar-refractivity contribution < 1.29 is 4.79 Å². The predicted molar refractivity (Wildman–Crippen MR) is 108 cm³/mol. The highest BCUT2D eigenvalue weighted by molar-refractivity contribution is 8.00. The van der Waals surface area contributed by atoms with Crippen LogP contribution in [0.4, 0.5) is 0 Å². The SMILES string of the molecule is C=C=CC(Sc1nnc(-c2ccsc2)c(-c2ccsc2)n1)C(=O)C(C)=N. The smallest absolute Gasteiger partial charge is 0.210 e. The van der Waals surface area contributed by atoms with Crippen molar-refractivity contribution in [1.29, 1.82) is 5.41 Å². The van der Waals surface area contributed by atoms with Crippen LogP contribution >= 0.6 is 34.4 Å². The highest BCUT2D eigenvalue weighted by atomic mass is 32.2. The fraction of sp³-hybridized carbons (Fsp3) is 0.111. The topological polar surface area (TPSA) is 79.6 Å². The third-order valence-corrected chi connectivity index (χ3v) is 5.74. The first-order valence-electron chi connectivity index (χ1n) is 7.52. The molecule has 3 aromatic rings. The molecule has 0 saturated carbocycles. The molecule has 5 nitrogen and oxygen atoms in total. The number of nitrogens with zero attached hydrogens (tertiary/aromatic N) is 3. The monoisotopic (exact) mass is 398 g/mol. The van der Waals surface area contributed by atoms with Gasteiger partial charge in [0.05, 0.1) is 5.71 Å². The van der Waals surface area contributed by atoms with Gasteiger partial charge in [0, 0.05) is 21.9 Å². The van der Waals surface area contributed by atoms with Crippen molar-refractivity contribution in [2.75, 3.05) is 0 Å². The lowest BCUT2D eigenvalue weighted by Gasteiger charge is -2.10. The van der Waals surface area contributed by atoms with Gasteiger partial charge in [-0.25, -0.2) is 4.98 Å². The average Bonchev–Trinajstić information content (AvgIpc) is 3.34. The molecule has 8 heteroatoms. The summed E-state index contributed by atoms with van der Waals surface area (Å²) < 4.78 is 0. The third-order valence-electron chi connectivity index (χ3n) is 3.39. The first-order chi connectivity index (χ1) is 12.6. The van der Waals surface area contributed by atoms with Crippen LogP contribution in [0.25, 0.3) is 22.5 Å². The Bertz CT molecular complexity index is 974. The number of ketones is 1. The van der Waals surface area contributed by atoms with Crippen molar-refractivity contribution in [2.24, 2.45) is 0 Å². The maximum atomic E-state index is 12.2. The summed E-state index contributed by atoms with van der Waals surface area (Å²) in [4.78, 5) is 16.8. The van der Waals surface area contributed by atoms with Crippen molar-refractivity contribution >= 4 is 45.9 Å². The normalized spacial score (nSPS) is 11.6. The van der Waals surface area contributed by atoms with Gasteiger partial charge in [-0.1, -0.05) is 18.3 Å². The van der Waals surface area contributed by atoms with Gasteiger partial charge in [0.1, 0.15) is 16.6 Å². The van der Waals surface area contributed by atoms with Crippen LogP contribution in [0, 0.1) is 5.41 Å². The summed E-state index contributed by atoms with van der Waals surface area (Å²) >= 11 is 4.30. The Kier molecular flexibility index (Phi) is 5.90. The van der Waals surface area contributed by atoms with Crippen molar-refractivity contribution in [3.05, 3.63) is 52.0 Å². The molecule has 26 heavy (non-hydrogen) atoms. The van der Waals surface area contributed by atoms with E-state index in [4.69, 9.17) is 5.41 Å². The Balaban J connectivity index is 2.01. The van der Waals surface area contributed by atoms with Crippen molar-refractivity contribution in [1.82, 2.24) is 15.2 Å². The van der Waals surface area contributed by atoms with Gasteiger partial charge in [-0.05, 0) is 35.9 Å². The van der Waals surface area contributed by atoms with Gasteiger partial charge in [-0.2, -0.15) is 22.7 Å². The van der Waals surface area contributed by atoms with Gasteiger partial charge in [0.15, 0.2) is 5.78 Å². The number of thioether (sulfide) groups is 1. The molecule has 1 N–H and O–H groups in total. The molecule has 1 unspecified atom stereocenters. The first-order valence-corrected chi connectivity index (χ1v) is 10.3. The first kappa shape index (κ1) is 18.4. The van der Waals surface area contributed by atoms with E-state index in [1.54, 1.807) is 22.7 Å². The van der Waals surface area contributed by atoms with Gasteiger partial charge in [-0.15, -0.1) is 15.9 Å². The molecule has 3 rings (SSSR count). The van der Waals surface area contributed by atoms with E-state index in [2.05, 4.69) is 27.5 Å². The van der Waals surface area contributed by atoms with Gasteiger partial charge >= 0.3 is 0 Å². The number of hydrogen-bond acceptors (Lipinski definition) is 8. The van der Waals surface area contributed by atoms with Gasteiger partial charge < -0.3 is 5.41 Å². The molecule has 0 radical (unpaired) electrons. The van der Waals surface area contributed by atoms with Crippen LogP contribution in [-0.2, 0) is 4.79 Å². The maximum Gasteiger partial charge on any atom is 0.210 e. The largest absolute Gasteiger partial charge is 0.302 e. The number of rotatable bonds is 7. The van der Waals surface area contributed by atoms with Gasteiger partial charge in [0.2, 0.25) is 5.16 Å². The summed E-state index contributed by atoms with van der Waals surface area (Å²) in [6.45, 7) is 4.98. The molecule has 0 aliphatic rings. The van der Waals surface area contributed by atoms with E-state index in [0.717, 1.165) is 28.6 Å². The quantitative estimate of drug-likeness (QED) is 0.353. The Morgan fingerprint density at radius 2 is 1.88 bits per heavy atom. The minimum Gasteiger partial charge on any atom is -0.302 e. The van der Waals surface area contributed by atoms with E-state index in [0.29, 0.717) is 10.9 Å². The van der Waals surface area contributed by atoms with E-state index in [-0.39, 0.29) is 11.5 Å². The van der Waals surface area contributed by atoms with E-state index < -0.39 is 5.25 Å². The van der Waals surface area contributed by atoms with E-state index in [1.165, 1.54) is 13.0 Å². The molecule has 0 fully saturated rings. The maximum absolute atomic E-state index is 12.2. The van der Waals surface area contributed by atoms with E-state index in [1.807, 2.05) is 33.7 Å². The molecular weight excluding hydrogens is 384 g/mol. The number of Topliss-reactive ketones (excluding diaryl/α,β-unsaturated/α-hetero) is 1. The third kappa shape index (κ3) is 4.05. The second-order valence-corrected chi connectivity index (χ2v) is 7.88. The zero-order chi connectivity index (χ0) is 18.5. The highest BCUT2D eigenvalue weighted by Gasteiger charge is 2.22. The minimum absolute atomic E-state index is 0.0325. The zero-order valence-electron chi connectivity index (χ0n) is 13.8. The summed E-state index contributed by atoms with van der Waals surface area (Å²) in [5.41, 5.74) is 5.93. The minimum atomic E-state index is -0.644. The van der Waals surface area contributed by atoms with Crippen LogP contribution in [-0.4, -0.2) is 31.9 Å². The van der Waals surface area contributed by atoms with Crippen molar-refractivity contribution in [3.63, 3.8) is 0 Å². The summed E-state index contributed by atoms with van der Waals surface area (Å²) in [7, 11) is 0. The molecule has 1 atom stereocenters. The average molecular weight is 399 g/mol. The number of carbonyl (C=O) groups excluding carboxylic acids is 1. The second kappa shape index (κ2) is 8.33. The van der Waals surface area contributed by atoms with E-state index in [9.17, 15) is 4.79 Å². The molecule has 130 valence electrons. The summed E-state index contributed by atoms with van der Waals surface area (Å²) in [6, 6.07) is 3.96. The lowest BCUT2D eigenvalue weighted by molar-refractivity contribution is -0.111. The summed E-state index contributed by atoms with van der Waals surface area (Å²) in [6.07, 6.45) is 1.52. The molecular formula is C18H14N4OS3. The number of aromatic nitrogens is 3. The van der Waals surface area contributed by atoms with Gasteiger partial charge in [-0.3, -0.25) is 4.79 Å². The predicted octanol–water partition coefficient (Wildman–Crippen LogP) is 4.74. The molecule has 3 aromatic heterocycles. The molecule has 0 aromatic carbocycles. The molecule has 0 amide bonds. The lowest BCUT2D eigenvalue weighted by Crippen LogP contribution is -2.22. The van der Waals surface area contributed by atoms with Crippen LogP contribution in [0.5, 0.6) is 0 Å². The number of hydrogen-bond donors (Lipinski definition) is 1. The number of thiophene rings is 2. The molecule has 0 spiro atoms. The zero-order valence-corrected chi connectivity index (χ0v) is 16.3. The summed E-state index contributed by atoms with van der Waals surface area (Å²) in [5, 5.41) is 23.8. The van der Waals surface area contributed by atoms with Crippen LogP contribution in [0.3, 0.4) is 0 Å². The molecule has 3 heterocycles. The Morgan fingerprint density at radius 3 is 2.42 bits per heavy atom. The second-order valence-electron chi connectivity index (χ2n) is 5.21. The Hall–Kier alpha value is -2.38. The Labute approximate surface area is 163 Å².